The molecule has 0 radical (unpaired) electrons. The molecule has 0 amide bonds. The van der Waals surface area contributed by atoms with Gasteiger partial charge >= 0.3 is 0 Å². The lowest BCUT2D eigenvalue weighted by molar-refractivity contribution is 0.0974. The minimum Gasteiger partial charge on any atom is -0.473 e. The molecule has 0 bridgehead atoms. The number of ketones is 1. The Kier molecular flexibility index (Phi) is 6.85. The Morgan fingerprint density at radius 3 is 2.57 bits per heavy atom. The molecule has 9 heteroatoms. The third kappa shape index (κ3) is 4.88. The molecule has 4 rings (SSSR count). The summed E-state index contributed by atoms with van der Waals surface area (Å²) in [5, 5.41) is 13.4. The molecule has 35 heavy (non-hydrogen) atoms. The van der Waals surface area contributed by atoms with Crippen LogP contribution in [0.1, 0.15) is 50.8 Å². The van der Waals surface area contributed by atoms with Gasteiger partial charge in [0.2, 0.25) is 5.88 Å². The van der Waals surface area contributed by atoms with Crippen LogP contribution in [0.5, 0.6) is 5.88 Å². The van der Waals surface area contributed by atoms with Crippen molar-refractivity contribution in [2.45, 2.75) is 32.8 Å². The second kappa shape index (κ2) is 9.99. The second-order valence-electron chi connectivity index (χ2n) is 8.26. The predicted octanol–water partition coefficient (Wildman–Crippen LogP) is 4.39. The summed E-state index contributed by atoms with van der Waals surface area (Å²) >= 11 is 0. The minimum atomic E-state index is -0.703. The van der Waals surface area contributed by atoms with Crippen LogP contribution in [0.15, 0.2) is 48.7 Å². The summed E-state index contributed by atoms with van der Waals surface area (Å²) in [5.41, 5.74) is 9.02. The molecule has 1 atom stereocenters. The van der Waals surface area contributed by atoms with Crippen molar-refractivity contribution in [3.63, 3.8) is 0 Å². The molecule has 1 aromatic carbocycles. The van der Waals surface area contributed by atoms with Crippen LogP contribution < -0.4 is 10.5 Å². The van der Waals surface area contributed by atoms with Crippen molar-refractivity contribution in [2.75, 3.05) is 6.54 Å². The number of pyridine rings is 2. The molecular weight excluding hydrogens is 452 g/mol. The van der Waals surface area contributed by atoms with Gasteiger partial charge in [-0.1, -0.05) is 6.07 Å². The number of nitrogens with two attached hydrogens (primary N) is 1. The number of halogens is 2. The number of benzene rings is 1. The number of rotatable bonds is 8. The van der Waals surface area contributed by atoms with Gasteiger partial charge in [0.05, 0.1) is 27.9 Å². The summed E-state index contributed by atoms with van der Waals surface area (Å²) in [7, 11) is 0. The van der Waals surface area contributed by atoms with Gasteiger partial charge in [-0.2, -0.15) is 10.4 Å². The van der Waals surface area contributed by atoms with Crippen LogP contribution in [0.2, 0.25) is 0 Å². The van der Waals surface area contributed by atoms with E-state index in [2.05, 4.69) is 10.1 Å². The monoisotopic (exact) mass is 475 g/mol. The van der Waals surface area contributed by atoms with E-state index in [4.69, 9.17) is 15.7 Å². The van der Waals surface area contributed by atoms with Crippen molar-refractivity contribution >= 4 is 11.3 Å². The van der Waals surface area contributed by atoms with E-state index in [0.29, 0.717) is 28.0 Å². The smallest absolute Gasteiger partial charge is 0.215 e. The number of carbonyl (C=O) groups is 1. The Bertz CT molecular complexity index is 1420. The number of Topliss-reactive ketones (excluding diaryl/α,β-unsaturated/α-hetero) is 1. The van der Waals surface area contributed by atoms with E-state index in [1.165, 1.54) is 28.9 Å². The van der Waals surface area contributed by atoms with Crippen molar-refractivity contribution in [1.82, 2.24) is 14.6 Å². The number of hydrogen-bond donors (Lipinski definition) is 1. The first-order valence-corrected chi connectivity index (χ1v) is 11.0. The quantitative estimate of drug-likeness (QED) is 0.379. The van der Waals surface area contributed by atoms with Crippen LogP contribution in [0, 0.1) is 36.8 Å². The molecule has 2 N–H and O–H groups in total. The first-order valence-electron chi connectivity index (χ1n) is 11.0. The SMILES string of the molecule is Cc1cc(OCc2c(F)cccc2F)n2nc(C)c(C(=O)CC(CN)c3ccc(C#N)cn3)c2c1. The lowest BCUT2D eigenvalue weighted by atomic mass is 9.94. The lowest BCUT2D eigenvalue weighted by Crippen LogP contribution is -2.18. The minimum absolute atomic E-state index is 0.0994. The molecular formula is C26H23F2N5O2. The highest BCUT2D eigenvalue weighted by Gasteiger charge is 2.24. The van der Waals surface area contributed by atoms with Gasteiger partial charge in [0.1, 0.15) is 24.3 Å². The molecule has 0 fully saturated rings. The Hall–Kier alpha value is -4.16. The van der Waals surface area contributed by atoms with E-state index in [1.807, 2.05) is 13.0 Å². The highest BCUT2D eigenvalue weighted by Crippen LogP contribution is 2.28. The summed E-state index contributed by atoms with van der Waals surface area (Å²) in [6.07, 6.45) is 1.55. The Morgan fingerprint density at radius 1 is 1.20 bits per heavy atom. The van der Waals surface area contributed by atoms with Crippen molar-refractivity contribution in [3.05, 3.63) is 93.9 Å². The molecule has 0 saturated carbocycles. The van der Waals surface area contributed by atoms with Crippen LogP contribution in [0.3, 0.4) is 0 Å². The zero-order valence-corrected chi connectivity index (χ0v) is 19.3. The maximum atomic E-state index is 14.0. The number of fused-ring (bicyclic) bond motifs is 1. The van der Waals surface area contributed by atoms with Gasteiger partial charge in [-0.25, -0.2) is 13.3 Å². The maximum absolute atomic E-state index is 14.0. The van der Waals surface area contributed by atoms with E-state index in [-0.39, 0.29) is 42.7 Å². The van der Waals surface area contributed by atoms with Gasteiger partial charge in [-0.3, -0.25) is 9.78 Å². The standard InChI is InChI=1S/C26H23F2N5O2/c1-15-8-23-26(24(34)10-18(12-30)22-7-6-17(11-29)13-31-22)16(2)32-33(23)25(9-15)35-14-19-20(27)4-3-5-21(19)28/h3-9,13,18H,10,12,14,30H2,1-2H3. The highest BCUT2D eigenvalue weighted by atomic mass is 19.1. The van der Waals surface area contributed by atoms with Crippen LogP contribution in [-0.4, -0.2) is 26.9 Å². The molecule has 3 aromatic heterocycles. The first-order chi connectivity index (χ1) is 16.8. The molecule has 0 aliphatic rings. The summed E-state index contributed by atoms with van der Waals surface area (Å²) in [6, 6.07) is 12.5. The number of aromatic nitrogens is 3. The Morgan fingerprint density at radius 2 is 1.94 bits per heavy atom. The maximum Gasteiger partial charge on any atom is 0.215 e. The van der Waals surface area contributed by atoms with E-state index in [1.54, 1.807) is 31.2 Å². The van der Waals surface area contributed by atoms with Gasteiger partial charge in [0.25, 0.3) is 0 Å². The molecule has 178 valence electrons. The first kappa shape index (κ1) is 24.0. The third-order valence-corrected chi connectivity index (χ3v) is 5.78. The molecule has 1 unspecified atom stereocenters. The fourth-order valence-electron chi connectivity index (χ4n) is 3.97. The van der Waals surface area contributed by atoms with Crippen molar-refractivity contribution in [1.29, 1.82) is 5.26 Å². The average Bonchev–Trinajstić information content (AvgIpc) is 3.17. The van der Waals surface area contributed by atoms with Crippen LogP contribution in [0.4, 0.5) is 8.78 Å². The van der Waals surface area contributed by atoms with Gasteiger partial charge in [0.15, 0.2) is 5.78 Å². The Labute approximate surface area is 200 Å². The van der Waals surface area contributed by atoms with Crippen molar-refractivity contribution in [2.24, 2.45) is 5.73 Å². The summed E-state index contributed by atoms with van der Waals surface area (Å²) < 4.78 is 35.3. The average molecular weight is 475 g/mol. The number of ether oxygens (including phenoxy) is 1. The highest BCUT2D eigenvalue weighted by molar-refractivity contribution is 6.04. The van der Waals surface area contributed by atoms with Gasteiger partial charge < -0.3 is 10.5 Å². The van der Waals surface area contributed by atoms with E-state index < -0.39 is 11.6 Å². The topological polar surface area (TPSA) is 106 Å². The van der Waals surface area contributed by atoms with Gasteiger partial charge in [-0.05, 0) is 49.7 Å². The molecule has 4 aromatic rings. The van der Waals surface area contributed by atoms with Crippen LogP contribution >= 0.6 is 0 Å². The molecule has 3 heterocycles. The van der Waals surface area contributed by atoms with Crippen LogP contribution in [-0.2, 0) is 6.61 Å². The molecule has 0 spiro atoms. The number of hydrogen-bond acceptors (Lipinski definition) is 6. The summed E-state index contributed by atoms with van der Waals surface area (Å²) in [5.74, 6) is -1.66. The van der Waals surface area contributed by atoms with Crippen molar-refractivity contribution in [3.8, 4) is 11.9 Å². The lowest BCUT2D eigenvalue weighted by Gasteiger charge is -2.14. The number of aryl methyl sites for hydroxylation is 2. The number of nitrogens with zero attached hydrogens (tertiary/aromatic N) is 4. The van der Waals surface area contributed by atoms with E-state index in [0.717, 1.165) is 5.56 Å². The van der Waals surface area contributed by atoms with Gasteiger partial charge in [-0.15, -0.1) is 0 Å². The molecule has 0 aliphatic carbocycles. The zero-order chi connectivity index (χ0) is 25.1. The summed E-state index contributed by atoms with van der Waals surface area (Å²) in [6.45, 7) is 3.41. The van der Waals surface area contributed by atoms with Crippen molar-refractivity contribution < 1.29 is 18.3 Å². The fourth-order valence-corrected chi connectivity index (χ4v) is 3.97. The fraction of sp³-hybridized carbons (Fsp3) is 0.231. The zero-order valence-electron chi connectivity index (χ0n) is 19.3. The van der Waals surface area contributed by atoms with E-state index in [9.17, 15) is 13.6 Å². The second-order valence-corrected chi connectivity index (χ2v) is 8.26. The molecule has 0 saturated heterocycles. The van der Waals surface area contributed by atoms with Gasteiger partial charge in [0, 0.05) is 36.8 Å². The normalized spacial score (nSPS) is 11.9. The predicted molar refractivity (Wildman–Crippen MR) is 125 cm³/mol. The summed E-state index contributed by atoms with van der Waals surface area (Å²) in [4.78, 5) is 17.6. The largest absolute Gasteiger partial charge is 0.473 e. The third-order valence-electron chi connectivity index (χ3n) is 5.78. The van der Waals surface area contributed by atoms with E-state index >= 15 is 0 Å². The molecule has 7 nitrogen and oxygen atoms in total. The Balaban J connectivity index is 1.64. The van der Waals surface area contributed by atoms with Crippen LogP contribution in [0.25, 0.3) is 5.52 Å². The number of nitriles is 1. The molecule has 0 aliphatic heterocycles. The number of carbonyl (C=O) groups excluding carboxylic acids is 1.